The first-order chi connectivity index (χ1) is 9.97. The van der Waals surface area contributed by atoms with Crippen LogP contribution in [0.2, 0.25) is 0 Å². The van der Waals surface area contributed by atoms with Crippen molar-refractivity contribution >= 4 is 11.8 Å². The van der Waals surface area contributed by atoms with E-state index >= 15 is 0 Å². The van der Waals surface area contributed by atoms with Crippen molar-refractivity contribution in [3.63, 3.8) is 0 Å². The molecule has 1 saturated heterocycles. The third-order valence-corrected chi connectivity index (χ3v) is 3.95. The number of aryl methyl sites for hydroxylation is 1. The molecule has 1 aromatic carbocycles. The molecule has 0 saturated carbocycles. The van der Waals surface area contributed by atoms with Gasteiger partial charge in [0.2, 0.25) is 5.91 Å². The summed E-state index contributed by atoms with van der Waals surface area (Å²) >= 11 is 0. The SMILES string of the molecule is Cc1ccc(C(=O)N2CCC(NC(=O)C(C)C)CC2)cc1. The van der Waals surface area contributed by atoms with E-state index in [0.717, 1.165) is 24.0 Å². The highest BCUT2D eigenvalue weighted by molar-refractivity contribution is 5.94. The van der Waals surface area contributed by atoms with Gasteiger partial charge in [-0.25, -0.2) is 0 Å². The number of hydrogen-bond acceptors (Lipinski definition) is 2. The lowest BCUT2D eigenvalue weighted by atomic mass is 10.0. The van der Waals surface area contributed by atoms with E-state index in [1.54, 1.807) is 0 Å². The number of likely N-dealkylation sites (tertiary alicyclic amines) is 1. The molecule has 2 amide bonds. The Hall–Kier alpha value is -1.84. The van der Waals surface area contributed by atoms with Gasteiger partial charge in [0.1, 0.15) is 0 Å². The molecule has 0 aromatic heterocycles. The molecule has 1 heterocycles. The first-order valence-electron chi connectivity index (χ1n) is 7.63. The lowest BCUT2D eigenvalue weighted by Crippen LogP contribution is -2.47. The minimum atomic E-state index is 0.0113. The van der Waals surface area contributed by atoms with Crippen molar-refractivity contribution in [3.05, 3.63) is 35.4 Å². The van der Waals surface area contributed by atoms with Crippen LogP contribution in [0.15, 0.2) is 24.3 Å². The predicted molar refractivity (Wildman–Crippen MR) is 83.1 cm³/mol. The van der Waals surface area contributed by atoms with Crippen LogP contribution in [-0.4, -0.2) is 35.8 Å². The van der Waals surface area contributed by atoms with Gasteiger partial charge < -0.3 is 10.2 Å². The summed E-state index contributed by atoms with van der Waals surface area (Å²) in [4.78, 5) is 26.0. The maximum absolute atomic E-state index is 12.4. The highest BCUT2D eigenvalue weighted by Crippen LogP contribution is 2.15. The highest BCUT2D eigenvalue weighted by Gasteiger charge is 2.24. The van der Waals surface area contributed by atoms with Gasteiger partial charge in [-0.1, -0.05) is 31.5 Å². The van der Waals surface area contributed by atoms with Crippen molar-refractivity contribution in [1.82, 2.24) is 10.2 Å². The normalized spacial score (nSPS) is 16.1. The van der Waals surface area contributed by atoms with E-state index in [-0.39, 0.29) is 23.8 Å². The van der Waals surface area contributed by atoms with Crippen LogP contribution in [0, 0.1) is 12.8 Å². The van der Waals surface area contributed by atoms with Gasteiger partial charge in [0.15, 0.2) is 0 Å². The Labute approximate surface area is 126 Å². The molecule has 1 aromatic rings. The van der Waals surface area contributed by atoms with Gasteiger partial charge in [0, 0.05) is 30.6 Å². The molecule has 0 aliphatic carbocycles. The Morgan fingerprint density at radius 1 is 1.14 bits per heavy atom. The summed E-state index contributed by atoms with van der Waals surface area (Å²) in [7, 11) is 0. The van der Waals surface area contributed by atoms with Crippen LogP contribution in [0.4, 0.5) is 0 Å². The Bertz CT molecular complexity index is 500. The second kappa shape index (κ2) is 6.74. The summed E-state index contributed by atoms with van der Waals surface area (Å²) in [5.41, 5.74) is 1.90. The number of nitrogens with one attached hydrogen (secondary N) is 1. The topological polar surface area (TPSA) is 49.4 Å². The number of amides is 2. The van der Waals surface area contributed by atoms with Crippen LogP contribution >= 0.6 is 0 Å². The second-order valence-electron chi connectivity index (χ2n) is 6.10. The van der Waals surface area contributed by atoms with Gasteiger partial charge in [0.05, 0.1) is 0 Å². The van der Waals surface area contributed by atoms with Crippen molar-refractivity contribution in [1.29, 1.82) is 0 Å². The van der Waals surface area contributed by atoms with Crippen molar-refractivity contribution in [2.24, 2.45) is 5.92 Å². The van der Waals surface area contributed by atoms with Gasteiger partial charge in [-0.15, -0.1) is 0 Å². The van der Waals surface area contributed by atoms with Crippen LogP contribution in [0.5, 0.6) is 0 Å². The van der Waals surface area contributed by atoms with Crippen molar-refractivity contribution in [2.75, 3.05) is 13.1 Å². The summed E-state index contributed by atoms with van der Waals surface area (Å²) in [6.07, 6.45) is 1.66. The molecule has 0 radical (unpaired) electrons. The number of carbonyl (C=O) groups excluding carboxylic acids is 2. The molecule has 1 fully saturated rings. The van der Waals surface area contributed by atoms with Gasteiger partial charge in [-0.2, -0.15) is 0 Å². The summed E-state index contributed by atoms with van der Waals surface area (Å²) < 4.78 is 0. The molecule has 1 N–H and O–H groups in total. The fourth-order valence-corrected chi connectivity index (χ4v) is 2.47. The summed E-state index contributed by atoms with van der Waals surface area (Å²) in [6.45, 7) is 7.21. The van der Waals surface area contributed by atoms with Gasteiger partial charge in [-0.3, -0.25) is 9.59 Å². The number of nitrogens with zero attached hydrogens (tertiary/aromatic N) is 1. The number of rotatable bonds is 3. The molecule has 2 rings (SSSR count). The lowest BCUT2D eigenvalue weighted by Gasteiger charge is -2.32. The van der Waals surface area contributed by atoms with E-state index in [9.17, 15) is 9.59 Å². The number of hydrogen-bond donors (Lipinski definition) is 1. The van der Waals surface area contributed by atoms with E-state index < -0.39 is 0 Å². The van der Waals surface area contributed by atoms with Gasteiger partial charge in [-0.05, 0) is 31.9 Å². The van der Waals surface area contributed by atoms with Crippen molar-refractivity contribution < 1.29 is 9.59 Å². The van der Waals surface area contributed by atoms with Gasteiger partial charge >= 0.3 is 0 Å². The maximum atomic E-state index is 12.4. The van der Waals surface area contributed by atoms with Crippen LogP contribution in [0.25, 0.3) is 0 Å². The zero-order valence-electron chi connectivity index (χ0n) is 13.1. The standard InChI is InChI=1S/C17H24N2O2/c1-12(2)16(20)18-15-8-10-19(11-9-15)17(21)14-6-4-13(3)5-7-14/h4-7,12,15H,8-11H2,1-3H3,(H,18,20). The lowest BCUT2D eigenvalue weighted by molar-refractivity contribution is -0.124. The Kier molecular flexibility index (Phi) is 4.99. The van der Waals surface area contributed by atoms with Crippen molar-refractivity contribution in [3.8, 4) is 0 Å². The average molecular weight is 288 g/mol. The summed E-state index contributed by atoms with van der Waals surface area (Å²) in [5.74, 6) is 0.194. The number of piperidine rings is 1. The highest BCUT2D eigenvalue weighted by atomic mass is 16.2. The first kappa shape index (κ1) is 15.5. The molecule has 0 spiro atoms. The zero-order valence-corrected chi connectivity index (χ0v) is 13.1. The van der Waals surface area contributed by atoms with E-state index in [2.05, 4.69) is 5.32 Å². The molecule has 4 heteroatoms. The Morgan fingerprint density at radius 3 is 2.24 bits per heavy atom. The molecule has 0 atom stereocenters. The molecule has 114 valence electrons. The van der Waals surface area contributed by atoms with Gasteiger partial charge in [0.25, 0.3) is 5.91 Å². The van der Waals surface area contributed by atoms with Crippen molar-refractivity contribution in [2.45, 2.75) is 39.7 Å². The maximum Gasteiger partial charge on any atom is 0.253 e. The third-order valence-electron chi connectivity index (χ3n) is 3.95. The fourth-order valence-electron chi connectivity index (χ4n) is 2.47. The van der Waals surface area contributed by atoms with Crippen LogP contribution in [0.1, 0.15) is 42.6 Å². The largest absolute Gasteiger partial charge is 0.353 e. The molecule has 4 nitrogen and oxygen atoms in total. The molecule has 21 heavy (non-hydrogen) atoms. The monoisotopic (exact) mass is 288 g/mol. The number of carbonyl (C=O) groups is 2. The zero-order chi connectivity index (χ0) is 15.4. The summed E-state index contributed by atoms with van der Waals surface area (Å²) in [6, 6.07) is 7.88. The van der Waals surface area contributed by atoms with E-state index in [0.29, 0.717) is 13.1 Å². The molecule has 1 aliphatic heterocycles. The first-order valence-corrected chi connectivity index (χ1v) is 7.63. The Morgan fingerprint density at radius 2 is 1.71 bits per heavy atom. The van der Waals surface area contributed by atoms with E-state index in [1.165, 1.54) is 0 Å². The second-order valence-corrected chi connectivity index (χ2v) is 6.10. The molecular weight excluding hydrogens is 264 g/mol. The van der Waals surface area contributed by atoms with Crippen LogP contribution < -0.4 is 5.32 Å². The molecule has 0 unspecified atom stereocenters. The van der Waals surface area contributed by atoms with E-state index in [1.807, 2.05) is 49.9 Å². The fraction of sp³-hybridized carbons (Fsp3) is 0.529. The minimum absolute atomic E-state index is 0.0113. The molecule has 1 aliphatic rings. The van der Waals surface area contributed by atoms with Crippen LogP contribution in [-0.2, 0) is 4.79 Å². The smallest absolute Gasteiger partial charge is 0.253 e. The molecule has 0 bridgehead atoms. The number of benzene rings is 1. The van der Waals surface area contributed by atoms with E-state index in [4.69, 9.17) is 0 Å². The van der Waals surface area contributed by atoms with Crippen LogP contribution in [0.3, 0.4) is 0 Å². The average Bonchev–Trinajstić information content (AvgIpc) is 2.48. The molecular formula is C17H24N2O2. The minimum Gasteiger partial charge on any atom is -0.353 e. The quantitative estimate of drug-likeness (QED) is 0.928. The summed E-state index contributed by atoms with van der Waals surface area (Å²) in [5, 5.41) is 3.05. The predicted octanol–water partition coefficient (Wildman–Crippen LogP) is 2.37. The Balaban J connectivity index is 1.87. The third kappa shape index (κ3) is 4.06.